The van der Waals surface area contributed by atoms with Crippen LogP contribution in [0.15, 0.2) is 0 Å². The first-order chi connectivity index (χ1) is 8.82. The van der Waals surface area contributed by atoms with E-state index in [9.17, 15) is 4.79 Å². The molecule has 0 spiro atoms. The van der Waals surface area contributed by atoms with Gasteiger partial charge in [-0.15, -0.1) is 0 Å². The zero-order valence-electron chi connectivity index (χ0n) is 12.9. The van der Waals surface area contributed by atoms with Gasteiger partial charge in [0.05, 0.1) is 11.3 Å². The summed E-state index contributed by atoms with van der Waals surface area (Å²) < 4.78 is 0. The van der Waals surface area contributed by atoms with Gasteiger partial charge in [0.15, 0.2) is 0 Å². The van der Waals surface area contributed by atoms with Crippen molar-refractivity contribution in [3.8, 4) is 0 Å². The van der Waals surface area contributed by atoms with Gasteiger partial charge in [0.25, 0.3) is 5.91 Å². The molecule has 0 fully saturated rings. The maximum Gasteiger partial charge on any atom is 0.257 e. The third-order valence-electron chi connectivity index (χ3n) is 3.03. The first kappa shape index (κ1) is 15.7. The number of amides is 1. The van der Waals surface area contributed by atoms with Crippen LogP contribution in [0, 0.1) is 19.8 Å². The van der Waals surface area contributed by atoms with Gasteiger partial charge in [0, 0.05) is 25.3 Å². The molecular formula is C14H26N4O. The molecule has 5 nitrogen and oxygen atoms in total. The van der Waals surface area contributed by atoms with Crippen LogP contribution >= 0.6 is 0 Å². The van der Waals surface area contributed by atoms with Crippen LogP contribution in [0.1, 0.15) is 35.6 Å². The summed E-state index contributed by atoms with van der Waals surface area (Å²) in [5, 5.41) is 6.99. The Morgan fingerprint density at radius 3 is 2.32 bits per heavy atom. The summed E-state index contributed by atoms with van der Waals surface area (Å²) >= 11 is 0. The topological polar surface area (TPSA) is 52.2 Å². The molecule has 1 heterocycles. The molecule has 0 aliphatic carbocycles. The number of hydrogen-bond acceptors (Lipinski definition) is 3. The van der Waals surface area contributed by atoms with E-state index in [1.165, 1.54) is 0 Å². The number of aromatic amines is 1. The number of rotatable bonds is 6. The lowest BCUT2D eigenvalue weighted by Crippen LogP contribution is -2.39. The van der Waals surface area contributed by atoms with Gasteiger partial charge in [-0.05, 0) is 33.9 Å². The van der Waals surface area contributed by atoms with Crippen LogP contribution in [0.3, 0.4) is 0 Å². The average molecular weight is 266 g/mol. The molecule has 108 valence electrons. The molecule has 0 aliphatic heterocycles. The number of carbonyl (C=O) groups excluding carboxylic acids is 1. The molecule has 1 aromatic rings. The molecule has 0 unspecified atom stereocenters. The minimum atomic E-state index is 0.0827. The van der Waals surface area contributed by atoms with Crippen molar-refractivity contribution in [2.45, 2.75) is 27.7 Å². The van der Waals surface area contributed by atoms with E-state index in [4.69, 9.17) is 0 Å². The summed E-state index contributed by atoms with van der Waals surface area (Å²) in [5.74, 6) is 0.540. The molecule has 0 saturated heterocycles. The largest absolute Gasteiger partial charge is 0.337 e. The van der Waals surface area contributed by atoms with Crippen molar-refractivity contribution in [3.05, 3.63) is 17.0 Å². The van der Waals surface area contributed by atoms with Crippen LogP contribution in [0.25, 0.3) is 0 Å². The maximum atomic E-state index is 12.6. The Balaban J connectivity index is 2.87. The molecule has 0 atom stereocenters. The van der Waals surface area contributed by atoms with Crippen molar-refractivity contribution in [2.24, 2.45) is 5.92 Å². The fourth-order valence-electron chi connectivity index (χ4n) is 2.06. The van der Waals surface area contributed by atoms with E-state index >= 15 is 0 Å². The summed E-state index contributed by atoms with van der Waals surface area (Å²) in [5.41, 5.74) is 2.35. The average Bonchev–Trinajstić information content (AvgIpc) is 2.63. The van der Waals surface area contributed by atoms with E-state index < -0.39 is 0 Å². The Hall–Kier alpha value is -1.36. The predicted molar refractivity (Wildman–Crippen MR) is 77.4 cm³/mol. The highest BCUT2D eigenvalue weighted by molar-refractivity contribution is 5.96. The molecule has 1 amide bonds. The standard InChI is InChI=1S/C14H26N4O/c1-10(2)9-18(8-7-17(5)6)14(19)13-11(3)15-16-12(13)4/h10H,7-9H2,1-6H3,(H,15,16). The molecule has 1 rings (SSSR count). The zero-order chi connectivity index (χ0) is 14.6. The molecule has 0 saturated carbocycles. The van der Waals surface area contributed by atoms with Crippen LogP contribution in [-0.2, 0) is 0 Å². The molecule has 0 aromatic carbocycles. The van der Waals surface area contributed by atoms with Crippen LogP contribution in [-0.4, -0.2) is 59.6 Å². The van der Waals surface area contributed by atoms with E-state index in [0.717, 1.165) is 36.6 Å². The lowest BCUT2D eigenvalue weighted by atomic mass is 10.1. The summed E-state index contributed by atoms with van der Waals surface area (Å²) in [6.45, 7) is 10.4. The smallest absolute Gasteiger partial charge is 0.257 e. The second-order valence-corrected chi connectivity index (χ2v) is 5.76. The number of H-pyrrole nitrogens is 1. The number of carbonyl (C=O) groups is 1. The molecule has 19 heavy (non-hydrogen) atoms. The van der Waals surface area contributed by atoms with Crippen molar-refractivity contribution in [2.75, 3.05) is 33.7 Å². The van der Waals surface area contributed by atoms with Crippen LogP contribution in [0.4, 0.5) is 0 Å². The summed E-state index contributed by atoms with van der Waals surface area (Å²) in [6, 6.07) is 0. The molecule has 0 radical (unpaired) electrons. The van der Waals surface area contributed by atoms with E-state index in [1.807, 2.05) is 32.8 Å². The lowest BCUT2D eigenvalue weighted by Gasteiger charge is -2.26. The van der Waals surface area contributed by atoms with Crippen molar-refractivity contribution in [1.29, 1.82) is 0 Å². The SMILES string of the molecule is Cc1n[nH]c(C)c1C(=O)N(CCN(C)C)CC(C)C. The number of likely N-dealkylation sites (N-methyl/N-ethyl adjacent to an activating group) is 1. The van der Waals surface area contributed by atoms with Crippen molar-refractivity contribution >= 4 is 5.91 Å². The molecule has 5 heteroatoms. The Morgan fingerprint density at radius 2 is 1.89 bits per heavy atom. The Morgan fingerprint density at radius 1 is 1.26 bits per heavy atom. The Kier molecular flexibility index (Phi) is 5.54. The van der Waals surface area contributed by atoms with Crippen LogP contribution in [0.2, 0.25) is 0 Å². The van der Waals surface area contributed by atoms with Gasteiger partial charge in [-0.3, -0.25) is 9.89 Å². The highest BCUT2D eigenvalue weighted by Crippen LogP contribution is 2.14. The van der Waals surface area contributed by atoms with Gasteiger partial charge in [0.1, 0.15) is 0 Å². The summed E-state index contributed by atoms with van der Waals surface area (Å²) in [6.07, 6.45) is 0. The van der Waals surface area contributed by atoms with Gasteiger partial charge in [-0.25, -0.2) is 0 Å². The van der Waals surface area contributed by atoms with Gasteiger partial charge in [-0.1, -0.05) is 13.8 Å². The second kappa shape index (κ2) is 6.70. The van der Waals surface area contributed by atoms with Gasteiger partial charge >= 0.3 is 0 Å². The number of nitrogens with one attached hydrogen (secondary N) is 1. The van der Waals surface area contributed by atoms with Gasteiger partial charge in [-0.2, -0.15) is 5.10 Å². The van der Waals surface area contributed by atoms with E-state index in [2.05, 4.69) is 28.9 Å². The number of hydrogen-bond donors (Lipinski definition) is 1. The van der Waals surface area contributed by atoms with Crippen molar-refractivity contribution < 1.29 is 4.79 Å². The number of aryl methyl sites for hydroxylation is 2. The Bertz CT molecular complexity index is 404. The van der Waals surface area contributed by atoms with E-state index in [1.54, 1.807) is 0 Å². The third-order valence-corrected chi connectivity index (χ3v) is 3.03. The first-order valence-electron chi connectivity index (χ1n) is 6.78. The monoisotopic (exact) mass is 266 g/mol. The zero-order valence-corrected chi connectivity index (χ0v) is 12.9. The summed E-state index contributed by atoms with van der Waals surface area (Å²) in [4.78, 5) is 16.7. The minimum Gasteiger partial charge on any atom is -0.337 e. The summed E-state index contributed by atoms with van der Waals surface area (Å²) in [7, 11) is 4.04. The predicted octanol–water partition coefficient (Wildman–Crippen LogP) is 1.69. The maximum absolute atomic E-state index is 12.6. The number of aromatic nitrogens is 2. The second-order valence-electron chi connectivity index (χ2n) is 5.76. The lowest BCUT2D eigenvalue weighted by molar-refractivity contribution is 0.0723. The third kappa shape index (κ3) is 4.35. The van der Waals surface area contributed by atoms with E-state index in [0.29, 0.717) is 5.92 Å². The van der Waals surface area contributed by atoms with Crippen molar-refractivity contribution in [3.63, 3.8) is 0 Å². The van der Waals surface area contributed by atoms with Gasteiger partial charge < -0.3 is 9.80 Å². The molecule has 1 aromatic heterocycles. The Labute approximate surface area is 116 Å². The van der Waals surface area contributed by atoms with Crippen LogP contribution < -0.4 is 0 Å². The van der Waals surface area contributed by atoms with Gasteiger partial charge in [0.2, 0.25) is 0 Å². The molecule has 1 N–H and O–H groups in total. The first-order valence-corrected chi connectivity index (χ1v) is 6.78. The highest BCUT2D eigenvalue weighted by atomic mass is 16.2. The molecular weight excluding hydrogens is 240 g/mol. The fraction of sp³-hybridized carbons (Fsp3) is 0.714. The quantitative estimate of drug-likeness (QED) is 0.852. The van der Waals surface area contributed by atoms with E-state index in [-0.39, 0.29) is 5.91 Å². The van der Waals surface area contributed by atoms with Crippen LogP contribution in [0.5, 0.6) is 0 Å². The molecule has 0 bridgehead atoms. The number of nitrogens with zero attached hydrogens (tertiary/aromatic N) is 3. The minimum absolute atomic E-state index is 0.0827. The normalized spacial score (nSPS) is 11.4. The van der Waals surface area contributed by atoms with Crippen molar-refractivity contribution in [1.82, 2.24) is 20.0 Å². The molecule has 0 aliphatic rings. The fourth-order valence-corrected chi connectivity index (χ4v) is 2.06. The highest BCUT2D eigenvalue weighted by Gasteiger charge is 2.22.